The molecule has 1 fully saturated rings. The van der Waals surface area contributed by atoms with Gasteiger partial charge in [-0.05, 0) is 19.1 Å². The molecule has 1 aliphatic rings. The average molecular weight is 294 g/mol. The van der Waals surface area contributed by atoms with Gasteiger partial charge in [0.1, 0.15) is 0 Å². The zero-order valence-corrected chi connectivity index (χ0v) is 11.7. The van der Waals surface area contributed by atoms with Crippen molar-refractivity contribution >= 4 is 17.7 Å². The summed E-state index contributed by atoms with van der Waals surface area (Å²) in [5.74, 6) is -1.09. The molecular weight excluding hydrogens is 276 g/mol. The topological polar surface area (TPSA) is 96.9 Å². The van der Waals surface area contributed by atoms with Gasteiger partial charge in [-0.25, -0.2) is 9.59 Å². The second kappa shape index (κ2) is 7.05. The van der Waals surface area contributed by atoms with Crippen LogP contribution in [-0.4, -0.2) is 49.6 Å². The van der Waals surface area contributed by atoms with Crippen LogP contribution in [0, 0.1) is 6.92 Å². The summed E-state index contributed by atoms with van der Waals surface area (Å²) in [4.78, 5) is 23.0. The second-order valence-corrected chi connectivity index (χ2v) is 4.76. The Labute approximate surface area is 122 Å². The van der Waals surface area contributed by atoms with E-state index in [1.165, 1.54) is 6.07 Å². The number of carbonyl (C=O) groups excluding carboxylic acids is 1. The number of benzene rings is 1. The van der Waals surface area contributed by atoms with Crippen LogP contribution >= 0.6 is 0 Å². The van der Waals surface area contributed by atoms with E-state index in [1.807, 2.05) is 0 Å². The van der Waals surface area contributed by atoms with Gasteiger partial charge >= 0.3 is 12.0 Å². The Morgan fingerprint density at radius 3 is 2.86 bits per heavy atom. The zero-order chi connectivity index (χ0) is 15.2. The highest BCUT2D eigenvalue weighted by Crippen LogP contribution is 2.17. The molecule has 1 aliphatic heterocycles. The van der Waals surface area contributed by atoms with Crippen molar-refractivity contribution in [3.05, 3.63) is 29.3 Å². The fourth-order valence-electron chi connectivity index (χ4n) is 1.97. The molecule has 7 nitrogen and oxygen atoms in total. The summed E-state index contributed by atoms with van der Waals surface area (Å²) < 4.78 is 10.6. The van der Waals surface area contributed by atoms with E-state index in [2.05, 4.69) is 10.6 Å². The number of hydrogen-bond acceptors (Lipinski definition) is 4. The van der Waals surface area contributed by atoms with E-state index in [-0.39, 0.29) is 17.4 Å². The Bertz CT molecular complexity index is 526. The number of aromatic carboxylic acids is 1. The third kappa shape index (κ3) is 4.44. The number of hydrogen-bond donors (Lipinski definition) is 3. The summed E-state index contributed by atoms with van der Waals surface area (Å²) in [5, 5.41) is 14.3. The number of amides is 2. The largest absolute Gasteiger partial charge is 0.478 e. The molecule has 0 aliphatic carbocycles. The lowest BCUT2D eigenvalue weighted by atomic mass is 10.1. The lowest BCUT2D eigenvalue weighted by Gasteiger charge is -2.23. The van der Waals surface area contributed by atoms with E-state index in [0.717, 1.165) is 5.56 Å². The van der Waals surface area contributed by atoms with Gasteiger partial charge in [-0.3, -0.25) is 0 Å². The van der Waals surface area contributed by atoms with Crippen LogP contribution in [0.5, 0.6) is 0 Å². The van der Waals surface area contributed by atoms with Crippen LogP contribution in [0.3, 0.4) is 0 Å². The van der Waals surface area contributed by atoms with Gasteiger partial charge in [-0.15, -0.1) is 0 Å². The van der Waals surface area contributed by atoms with Crippen molar-refractivity contribution in [1.29, 1.82) is 0 Å². The number of ether oxygens (including phenoxy) is 2. The molecule has 2 amide bonds. The van der Waals surface area contributed by atoms with Crippen molar-refractivity contribution in [1.82, 2.24) is 5.32 Å². The standard InChI is InChI=1S/C14H18N2O5/c1-9-2-3-12(11(6-9)13(17)18)16-14(19)15-7-10-8-20-4-5-21-10/h2-3,6,10H,4-5,7-8H2,1H3,(H,17,18)(H2,15,16,19). The molecule has 0 saturated carbocycles. The van der Waals surface area contributed by atoms with E-state index in [0.29, 0.717) is 26.4 Å². The predicted octanol–water partition coefficient (Wildman–Crippen LogP) is 1.23. The van der Waals surface area contributed by atoms with Gasteiger partial charge in [0.25, 0.3) is 0 Å². The molecule has 21 heavy (non-hydrogen) atoms. The number of aryl methyl sites for hydroxylation is 1. The molecule has 1 aromatic rings. The minimum Gasteiger partial charge on any atom is -0.478 e. The van der Waals surface area contributed by atoms with Crippen molar-refractivity contribution in [2.45, 2.75) is 13.0 Å². The highest BCUT2D eigenvalue weighted by Gasteiger charge is 2.16. The summed E-state index contributed by atoms with van der Waals surface area (Å²) in [6.45, 7) is 3.60. The summed E-state index contributed by atoms with van der Waals surface area (Å²) in [6.07, 6.45) is -0.179. The maximum Gasteiger partial charge on any atom is 0.337 e. The van der Waals surface area contributed by atoms with Crippen LogP contribution in [0.25, 0.3) is 0 Å². The Hall–Kier alpha value is -2.12. The first kappa shape index (κ1) is 15.3. The minimum atomic E-state index is -1.09. The molecule has 1 heterocycles. The Kier molecular flexibility index (Phi) is 5.13. The molecule has 3 N–H and O–H groups in total. The normalized spacial score (nSPS) is 18.0. The first-order valence-corrected chi connectivity index (χ1v) is 6.64. The smallest absolute Gasteiger partial charge is 0.337 e. The minimum absolute atomic E-state index is 0.0578. The van der Waals surface area contributed by atoms with Crippen LogP contribution in [0.1, 0.15) is 15.9 Å². The van der Waals surface area contributed by atoms with Crippen LogP contribution in [-0.2, 0) is 9.47 Å². The van der Waals surface area contributed by atoms with Gasteiger partial charge < -0.3 is 25.2 Å². The van der Waals surface area contributed by atoms with E-state index in [1.54, 1.807) is 19.1 Å². The number of rotatable bonds is 4. The fraction of sp³-hybridized carbons (Fsp3) is 0.429. The van der Waals surface area contributed by atoms with E-state index >= 15 is 0 Å². The Morgan fingerprint density at radius 1 is 1.38 bits per heavy atom. The maximum atomic E-state index is 11.8. The zero-order valence-electron chi connectivity index (χ0n) is 11.7. The van der Waals surface area contributed by atoms with Crippen molar-refractivity contribution in [2.75, 3.05) is 31.7 Å². The van der Waals surface area contributed by atoms with Gasteiger partial charge in [0.15, 0.2) is 0 Å². The third-order valence-corrected chi connectivity index (χ3v) is 3.03. The average Bonchev–Trinajstić information content (AvgIpc) is 2.48. The highest BCUT2D eigenvalue weighted by molar-refractivity contribution is 6.00. The number of nitrogens with one attached hydrogen (secondary N) is 2. The highest BCUT2D eigenvalue weighted by atomic mass is 16.6. The number of urea groups is 1. The third-order valence-electron chi connectivity index (χ3n) is 3.03. The lowest BCUT2D eigenvalue weighted by molar-refractivity contribution is -0.0852. The molecule has 1 aromatic carbocycles. The molecule has 0 aromatic heterocycles. The first-order valence-electron chi connectivity index (χ1n) is 6.64. The van der Waals surface area contributed by atoms with Crippen LogP contribution in [0.15, 0.2) is 18.2 Å². The van der Waals surface area contributed by atoms with Gasteiger partial charge in [0.2, 0.25) is 0 Å². The summed E-state index contributed by atoms with van der Waals surface area (Å²) in [7, 11) is 0. The van der Waals surface area contributed by atoms with Crippen LogP contribution < -0.4 is 10.6 Å². The van der Waals surface area contributed by atoms with Crippen LogP contribution in [0.2, 0.25) is 0 Å². The van der Waals surface area contributed by atoms with E-state index in [4.69, 9.17) is 14.6 Å². The number of carboxylic acid groups (broad SMARTS) is 1. The van der Waals surface area contributed by atoms with E-state index in [9.17, 15) is 9.59 Å². The SMILES string of the molecule is Cc1ccc(NC(=O)NCC2COCCO2)c(C(=O)O)c1. The number of carbonyl (C=O) groups is 2. The van der Waals surface area contributed by atoms with Crippen LogP contribution in [0.4, 0.5) is 10.5 Å². The monoisotopic (exact) mass is 294 g/mol. The fourth-order valence-corrected chi connectivity index (χ4v) is 1.97. The molecule has 0 bridgehead atoms. The van der Waals surface area contributed by atoms with Gasteiger partial charge in [-0.2, -0.15) is 0 Å². The molecule has 1 atom stereocenters. The number of anilines is 1. The molecule has 1 unspecified atom stereocenters. The lowest BCUT2D eigenvalue weighted by Crippen LogP contribution is -2.41. The molecular formula is C14H18N2O5. The van der Waals surface area contributed by atoms with Gasteiger partial charge in [0.05, 0.1) is 37.2 Å². The molecule has 1 saturated heterocycles. The Morgan fingerprint density at radius 2 is 2.19 bits per heavy atom. The summed E-state index contributed by atoms with van der Waals surface area (Å²) >= 11 is 0. The van der Waals surface area contributed by atoms with Crippen molar-refractivity contribution < 1.29 is 24.2 Å². The second-order valence-electron chi connectivity index (χ2n) is 4.76. The first-order chi connectivity index (χ1) is 10.1. The molecule has 0 spiro atoms. The molecule has 7 heteroatoms. The predicted molar refractivity (Wildman–Crippen MR) is 75.7 cm³/mol. The van der Waals surface area contributed by atoms with Gasteiger partial charge in [-0.1, -0.05) is 11.6 Å². The van der Waals surface area contributed by atoms with Gasteiger partial charge in [0, 0.05) is 6.54 Å². The van der Waals surface area contributed by atoms with Crippen molar-refractivity contribution in [2.24, 2.45) is 0 Å². The maximum absolute atomic E-state index is 11.8. The molecule has 2 rings (SSSR count). The number of carboxylic acids is 1. The van der Waals surface area contributed by atoms with Crippen molar-refractivity contribution in [3.8, 4) is 0 Å². The molecule has 0 radical (unpaired) electrons. The van der Waals surface area contributed by atoms with E-state index < -0.39 is 12.0 Å². The summed E-state index contributed by atoms with van der Waals surface area (Å²) in [5.41, 5.74) is 1.12. The summed E-state index contributed by atoms with van der Waals surface area (Å²) in [6, 6.07) is 4.34. The quantitative estimate of drug-likeness (QED) is 0.776. The Balaban J connectivity index is 1.91. The van der Waals surface area contributed by atoms with Crippen molar-refractivity contribution in [3.63, 3.8) is 0 Å². The molecule has 114 valence electrons.